The zero-order valence-electron chi connectivity index (χ0n) is 13.5. The summed E-state index contributed by atoms with van der Waals surface area (Å²) in [7, 11) is 1.63. The van der Waals surface area contributed by atoms with E-state index in [-0.39, 0.29) is 11.9 Å². The second-order valence-electron chi connectivity index (χ2n) is 5.38. The van der Waals surface area contributed by atoms with E-state index in [0.29, 0.717) is 5.56 Å². The molecule has 1 amide bonds. The van der Waals surface area contributed by atoms with Crippen LogP contribution in [-0.4, -0.2) is 18.0 Å². The van der Waals surface area contributed by atoms with Gasteiger partial charge in [0.1, 0.15) is 5.75 Å². The van der Waals surface area contributed by atoms with Crippen LogP contribution in [0.1, 0.15) is 28.9 Å². The molecule has 5 heteroatoms. The summed E-state index contributed by atoms with van der Waals surface area (Å²) in [5, 5.41) is 5.00. The Morgan fingerprint density at radius 3 is 2.54 bits per heavy atom. The fourth-order valence-electron chi connectivity index (χ4n) is 2.35. The molecule has 2 aromatic heterocycles. The van der Waals surface area contributed by atoms with Crippen LogP contribution in [0.15, 0.2) is 60.1 Å². The van der Waals surface area contributed by atoms with Gasteiger partial charge in [-0.2, -0.15) is 0 Å². The Morgan fingerprint density at radius 2 is 1.96 bits per heavy atom. The van der Waals surface area contributed by atoms with E-state index in [2.05, 4.69) is 10.3 Å². The Balaban J connectivity index is 1.67. The van der Waals surface area contributed by atoms with Gasteiger partial charge < -0.3 is 10.1 Å². The lowest BCUT2D eigenvalue weighted by Gasteiger charge is -2.15. The normalized spacial score (nSPS) is 11.8. The predicted molar refractivity (Wildman–Crippen MR) is 96.4 cm³/mol. The molecule has 0 aliphatic rings. The number of nitrogens with one attached hydrogen (secondary N) is 1. The summed E-state index contributed by atoms with van der Waals surface area (Å²) in [5.74, 6) is 0.661. The largest absolute Gasteiger partial charge is 0.497 e. The highest BCUT2D eigenvalue weighted by atomic mass is 32.1. The first-order chi connectivity index (χ1) is 11.7. The summed E-state index contributed by atoms with van der Waals surface area (Å²) in [6.07, 6.45) is 1.62. The van der Waals surface area contributed by atoms with Gasteiger partial charge in [-0.15, -0.1) is 11.3 Å². The molecule has 0 bridgehead atoms. The van der Waals surface area contributed by atoms with Gasteiger partial charge in [0.05, 0.1) is 29.3 Å². The summed E-state index contributed by atoms with van der Waals surface area (Å²) in [6.45, 7) is 1.95. The fourth-order valence-corrected chi connectivity index (χ4v) is 3.06. The number of methoxy groups -OCH3 is 1. The number of ether oxygens (including phenoxy) is 1. The molecular formula is C19H18N2O2S. The Labute approximate surface area is 145 Å². The molecule has 4 nitrogen and oxygen atoms in total. The zero-order valence-corrected chi connectivity index (χ0v) is 14.3. The number of carbonyl (C=O) groups is 1. The lowest BCUT2D eigenvalue weighted by molar-refractivity contribution is 0.0939. The second kappa shape index (κ2) is 7.27. The number of aromatic nitrogens is 1. The first-order valence-electron chi connectivity index (χ1n) is 7.62. The number of carbonyl (C=O) groups excluding carboxylic acids is 1. The molecule has 0 aliphatic carbocycles. The molecule has 0 spiro atoms. The van der Waals surface area contributed by atoms with Gasteiger partial charge in [0.15, 0.2) is 0 Å². The molecule has 3 rings (SSSR count). The predicted octanol–water partition coefficient (Wildman–Crippen LogP) is 4.31. The van der Waals surface area contributed by atoms with Crippen LogP contribution in [0.5, 0.6) is 5.75 Å². The van der Waals surface area contributed by atoms with Crippen LogP contribution in [-0.2, 0) is 0 Å². The van der Waals surface area contributed by atoms with Crippen LogP contribution in [0, 0.1) is 0 Å². The van der Waals surface area contributed by atoms with Gasteiger partial charge in [-0.25, -0.2) is 0 Å². The maximum atomic E-state index is 12.4. The highest BCUT2D eigenvalue weighted by Crippen LogP contribution is 2.22. The van der Waals surface area contributed by atoms with Gasteiger partial charge in [0.2, 0.25) is 0 Å². The maximum absolute atomic E-state index is 12.4. The topological polar surface area (TPSA) is 51.2 Å². The minimum absolute atomic E-state index is 0.0969. The molecule has 0 saturated heterocycles. The van der Waals surface area contributed by atoms with Crippen molar-refractivity contribution in [2.45, 2.75) is 13.0 Å². The molecule has 1 unspecified atom stereocenters. The first-order valence-corrected chi connectivity index (χ1v) is 8.50. The van der Waals surface area contributed by atoms with Crippen molar-refractivity contribution in [1.82, 2.24) is 10.3 Å². The highest BCUT2D eigenvalue weighted by Gasteiger charge is 2.12. The molecule has 24 heavy (non-hydrogen) atoms. The van der Waals surface area contributed by atoms with Crippen LogP contribution >= 0.6 is 11.3 Å². The van der Waals surface area contributed by atoms with Crippen LogP contribution < -0.4 is 10.1 Å². The van der Waals surface area contributed by atoms with Crippen LogP contribution in [0.4, 0.5) is 0 Å². The number of hydrogen-bond acceptors (Lipinski definition) is 4. The first kappa shape index (κ1) is 16.2. The molecule has 0 aliphatic heterocycles. The van der Waals surface area contributed by atoms with Crippen molar-refractivity contribution in [3.63, 3.8) is 0 Å². The number of pyridine rings is 1. The highest BCUT2D eigenvalue weighted by molar-refractivity contribution is 7.13. The van der Waals surface area contributed by atoms with Gasteiger partial charge >= 0.3 is 0 Å². The quantitative estimate of drug-likeness (QED) is 0.754. The lowest BCUT2D eigenvalue weighted by Crippen LogP contribution is -2.26. The maximum Gasteiger partial charge on any atom is 0.253 e. The van der Waals surface area contributed by atoms with E-state index in [1.807, 2.05) is 54.8 Å². The van der Waals surface area contributed by atoms with Gasteiger partial charge in [0, 0.05) is 6.20 Å². The number of hydrogen-bond donors (Lipinski definition) is 1. The summed E-state index contributed by atoms with van der Waals surface area (Å²) >= 11 is 1.63. The van der Waals surface area contributed by atoms with Crippen LogP contribution in [0.2, 0.25) is 0 Å². The summed E-state index contributed by atoms with van der Waals surface area (Å²) in [4.78, 5) is 17.8. The standard InChI is InChI=1S/C19H18N2O2S/c1-13(14-5-8-16(23-2)9-6-14)21-19(22)15-7-10-17(20-12-15)18-4-3-11-24-18/h3-13H,1-2H3,(H,21,22). The molecule has 1 N–H and O–H groups in total. The van der Waals surface area contributed by atoms with Crippen molar-refractivity contribution >= 4 is 17.2 Å². The van der Waals surface area contributed by atoms with Crippen LogP contribution in [0.25, 0.3) is 10.6 Å². The molecule has 3 aromatic rings. The zero-order chi connectivity index (χ0) is 16.9. The van der Waals surface area contributed by atoms with Crippen molar-refractivity contribution < 1.29 is 9.53 Å². The summed E-state index contributed by atoms with van der Waals surface area (Å²) in [6, 6.07) is 15.2. The third-order valence-electron chi connectivity index (χ3n) is 3.76. The van der Waals surface area contributed by atoms with E-state index >= 15 is 0 Å². The smallest absolute Gasteiger partial charge is 0.253 e. The van der Waals surface area contributed by atoms with Crippen molar-refractivity contribution in [1.29, 1.82) is 0 Å². The Kier molecular flexibility index (Phi) is 4.91. The summed E-state index contributed by atoms with van der Waals surface area (Å²) in [5.41, 5.74) is 2.45. The minimum Gasteiger partial charge on any atom is -0.497 e. The average molecular weight is 338 g/mol. The molecular weight excluding hydrogens is 320 g/mol. The van der Waals surface area contributed by atoms with Crippen molar-refractivity contribution in [3.8, 4) is 16.3 Å². The molecule has 2 heterocycles. The van der Waals surface area contributed by atoms with Crippen LogP contribution in [0.3, 0.4) is 0 Å². The van der Waals surface area contributed by atoms with E-state index in [9.17, 15) is 4.79 Å². The van der Waals surface area contributed by atoms with Gasteiger partial charge in [-0.1, -0.05) is 18.2 Å². The molecule has 1 aromatic carbocycles. The fraction of sp³-hybridized carbons (Fsp3) is 0.158. The molecule has 0 fully saturated rings. The number of thiophene rings is 1. The summed E-state index contributed by atoms with van der Waals surface area (Å²) < 4.78 is 5.15. The lowest BCUT2D eigenvalue weighted by atomic mass is 10.1. The van der Waals surface area contributed by atoms with Gasteiger partial charge in [-0.05, 0) is 48.2 Å². The van der Waals surface area contributed by atoms with Crippen molar-refractivity contribution in [2.24, 2.45) is 0 Å². The van der Waals surface area contributed by atoms with Crippen molar-refractivity contribution in [2.75, 3.05) is 7.11 Å². The second-order valence-corrected chi connectivity index (χ2v) is 6.33. The third kappa shape index (κ3) is 3.63. The minimum atomic E-state index is -0.136. The number of rotatable bonds is 5. The van der Waals surface area contributed by atoms with E-state index < -0.39 is 0 Å². The average Bonchev–Trinajstić information content (AvgIpc) is 3.16. The molecule has 122 valence electrons. The number of amides is 1. The molecule has 1 atom stereocenters. The Hall–Kier alpha value is -2.66. The van der Waals surface area contributed by atoms with Crippen molar-refractivity contribution in [3.05, 3.63) is 71.2 Å². The van der Waals surface area contributed by atoms with Gasteiger partial charge in [-0.3, -0.25) is 9.78 Å². The third-order valence-corrected chi connectivity index (χ3v) is 4.66. The number of nitrogens with zero attached hydrogens (tertiary/aromatic N) is 1. The molecule has 0 saturated carbocycles. The SMILES string of the molecule is COc1ccc(C(C)NC(=O)c2ccc(-c3cccs3)nc2)cc1. The van der Waals surface area contributed by atoms with E-state index in [1.165, 1.54) is 0 Å². The van der Waals surface area contributed by atoms with E-state index in [4.69, 9.17) is 4.74 Å². The Bertz CT molecular complexity index is 796. The number of benzene rings is 1. The van der Waals surface area contributed by atoms with E-state index in [0.717, 1.165) is 21.9 Å². The molecule has 0 radical (unpaired) electrons. The van der Waals surface area contributed by atoms with Gasteiger partial charge in [0.25, 0.3) is 5.91 Å². The van der Waals surface area contributed by atoms with E-state index in [1.54, 1.807) is 30.7 Å². The Morgan fingerprint density at radius 1 is 1.17 bits per heavy atom. The monoisotopic (exact) mass is 338 g/mol.